The lowest BCUT2D eigenvalue weighted by molar-refractivity contribution is -0.156. The number of hydrogen-bond donors (Lipinski definition) is 1. The number of carboxylic acids is 1. The van der Waals surface area contributed by atoms with Crippen LogP contribution >= 0.6 is 0 Å². The minimum absolute atomic E-state index is 0.462. The Hall–Kier alpha value is -1.06. The average molecular weight is 227 g/mol. The summed E-state index contributed by atoms with van der Waals surface area (Å²) in [5.74, 6) is -0.290. The SMILES string of the molecule is CCN(C=O)C1(C(=O)O)CCCC(C)CC1. The molecule has 2 atom stereocenters. The number of aliphatic carboxylic acids is 1. The number of carboxylic acid groups (broad SMARTS) is 1. The summed E-state index contributed by atoms with van der Waals surface area (Å²) in [5, 5.41) is 9.43. The first-order valence-corrected chi connectivity index (χ1v) is 6.02. The highest BCUT2D eigenvalue weighted by molar-refractivity contribution is 5.81. The molecule has 0 aromatic rings. The van der Waals surface area contributed by atoms with Gasteiger partial charge in [-0.1, -0.05) is 19.8 Å². The van der Waals surface area contributed by atoms with E-state index in [1.54, 1.807) is 0 Å². The first kappa shape index (κ1) is 13.0. The van der Waals surface area contributed by atoms with Gasteiger partial charge >= 0.3 is 5.97 Å². The van der Waals surface area contributed by atoms with Crippen LogP contribution in [0, 0.1) is 5.92 Å². The molecule has 0 radical (unpaired) electrons. The van der Waals surface area contributed by atoms with Crippen LogP contribution < -0.4 is 0 Å². The van der Waals surface area contributed by atoms with Crippen molar-refractivity contribution >= 4 is 12.4 Å². The predicted molar refractivity (Wildman–Crippen MR) is 61.1 cm³/mol. The Morgan fingerprint density at radius 2 is 2.19 bits per heavy atom. The van der Waals surface area contributed by atoms with Gasteiger partial charge in [-0.15, -0.1) is 0 Å². The minimum atomic E-state index is -0.957. The molecule has 1 fully saturated rings. The summed E-state index contributed by atoms with van der Waals surface area (Å²) in [6.45, 7) is 4.44. The lowest BCUT2D eigenvalue weighted by atomic mass is 9.88. The Labute approximate surface area is 96.6 Å². The molecule has 0 spiro atoms. The molecule has 92 valence electrons. The Morgan fingerprint density at radius 3 is 2.69 bits per heavy atom. The van der Waals surface area contributed by atoms with Crippen molar-refractivity contribution in [3.63, 3.8) is 0 Å². The van der Waals surface area contributed by atoms with E-state index >= 15 is 0 Å². The summed E-state index contributed by atoms with van der Waals surface area (Å²) in [6.07, 6.45) is 4.68. The van der Waals surface area contributed by atoms with Crippen molar-refractivity contribution in [3.05, 3.63) is 0 Å². The number of amides is 1. The monoisotopic (exact) mass is 227 g/mol. The molecule has 0 aromatic heterocycles. The molecule has 1 N–H and O–H groups in total. The van der Waals surface area contributed by atoms with Crippen LogP contribution in [-0.4, -0.2) is 34.5 Å². The fourth-order valence-corrected chi connectivity index (χ4v) is 2.60. The van der Waals surface area contributed by atoms with Crippen molar-refractivity contribution in [1.29, 1.82) is 0 Å². The largest absolute Gasteiger partial charge is 0.479 e. The fourth-order valence-electron chi connectivity index (χ4n) is 2.60. The van der Waals surface area contributed by atoms with Crippen LogP contribution in [0.15, 0.2) is 0 Å². The van der Waals surface area contributed by atoms with E-state index in [0.29, 0.717) is 31.7 Å². The predicted octanol–water partition coefficient (Wildman–Crippen LogP) is 1.89. The molecule has 1 aliphatic carbocycles. The average Bonchev–Trinajstić information content (AvgIpc) is 2.44. The summed E-state index contributed by atoms with van der Waals surface area (Å²) < 4.78 is 0. The second-order valence-electron chi connectivity index (χ2n) is 4.76. The smallest absolute Gasteiger partial charge is 0.329 e. The fraction of sp³-hybridized carbons (Fsp3) is 0.833. The normalized spacial score (nSPS) is 30.5. The maximum Gasteiger partial charge on any atom is 0.329 e. The summed E-state index contributed by atoms with van der Waals surface area (Å²) >= 11 is 0. The molecule has 0 aromatic carbocycles. The molecule has 0 bridgehead atoms. The van der Waals surface area contributed by atoms with Crippen molar-refractivity contribution in [2.75, 3.05) is 6.54 Å². The van der Waals surface area contributed by atoms with E-state index in [-0.39, 0.29) is 0 Å². The lowest BCUT2D eigenvalue weighted by Crippen LogP contribution is -2.53. The Kier molecular flexibility index (Phi) is 4.33. The van der Waals surface area contributed by atoms with Gasteiger partial charge in [0.25, 0.3) is 0 Å². The van der Waals surface area contributed by atoms with Gasteiger partial charge < -0.3 is 10.0 Å². The Bertz CT molecular complexity index is 267. The molecule has 1 saturated carbocycles. The van der Waals surface area contributed by atoms with Gasteiger partial charge in [0.05, 0.1) is 0 Å². The number of likely N-dealkylation sites (N-methyl/N-ethyl adjacent to an activating group) is 1. The van der Waals surface area contributed by atoms with Crippen LogP contribution in [0.5, 0.6) is 0 Å². The van der Waals surface area contributed by atoms with Crippen LogP contribution in [0.2, 0.25) is 0 Å². The van der Waals surface area contributed by atoms with Gasteiger partial charge in [0, 0.05) is 6.54 Å². The molecule has 4 heteroatoms. The van der Waals surface area contributed by atoms with Gasteiger partial charge in [0.15, 0.2) is 0 Å². The van der Waals surface area contributed by atoms with E-state index in [0.717, 1.165) is 19.3 Å². The molecule has 2 unspecified atom stereocenters. The van der Waals surface area contributed by atoms with Crippen LogP contribution in [-0.2, 0) is 9.59 Å². The van der Waals surface area contributed by atoms with Gasteiger partial charge in [-0.05, 0) is 32.1 Å². The molecule has 1 amide bonds. The third-order valence-corrected chi connectivity index (χ3v) is 3.75. The number of rotatable bonds is 4. The van der Waals surface area contributed by atoms with Crippen molar-refractivity contribution in [2.24, 2.45) is 5.92 Å². The van der Waals surface area contributed by atoms with Gasteiger partial charge in [-0.25, -0.2) is 4.79 Å². The Morgan fingerprint density at radius 1 is 1.50 bits per heavy atom. The molecule has 1 aliphatic rings. The van der Waals surface area contributed by atoms with Crippen molar-refractivity contribution in [3.8, 4) is 0 Å². The Balaban J connectivity index is 2.94. The van der Waals surface area contributed by atoms with Crippen LogP contribution in [0.1, 0.15) is 46.0 Å². The zero-order chi connectivity index (χ0) is 12.2. The van der Waals surface area contributed by atoms with E-state index in [9.17, 15) is 14.7 Å². The number of hydrogen-bond acceptors (Lipinski definition) is 2. The third kappa shape index (κ3) is 2.36. The third-order valence-electron chi connectivity index (χ3n) is 3.75. The van der Waals surface area contributed by atoms with E-state index in [2.05, 4.69) is 6.92 Å². The zero-order valence-electron chi connectivity index (χ0n) is 10.1. The molecular formula is C12H21NO3. The first-order valence-electron chi connectivity index (χ1n) is 6.02. The number of nitrogens with zero attached hydrogens (tertiary/aromatic N) is 1. The van der Waals surface area contributed by atoms with E-state index in [1.807, 2.05) is 6.92 Å². The maximum absolute atomic E-state index is 11.5. The standard InChI is InChI=1S/C12H21NO3/c1-3-13(9-14)12(11(15)16)7-4-5-10(2)6-8-12/h9-10H,3-8H2,1-2H3,(H,15,16). The molecule has 0 saturated heterocycles. The molecule has 16 heavy (non-hydrogen) atoms. The topological polar surface area (TPSA) is 57.6 Å². The van der Waals surface area contributed by atoms with Crippen molar-refractivity contribution in [1.82, 2.24) is 4.90 Å². The molecule has 1 rings (SSSR count). The maximum atomic E-state index is 11.5. The second kappa shape index (κ2) is 5.32. The summed E-state index contributed by atoms with van der Waals surface area (Å²) in [7, 11) is 0. The highest BCUT2D eigenvalue weighted by Crippen LogP contribution is 2.34. The summed E-state index contributed by atoms with van der Waals surface area (Å²) in [5.41, 5.74) is -0.957. The van der Waals surface area contributed by atoms with E-state index < -0.39 is 11.5 Å². The molecule has 0 aliphatic heterocycles. The number of carbonyl (C=O) groups is 2. The van der Waals surface area contributed by atoms with Crippen LogP contribution in [0.3, 0.4) is 0 Å². The van der Waals surface area contributed by atoms with Crippen LogP contribution in [0.4, 0.5) is 0 Å². The molecule has 4 nitrogen and oxygen atoms in total. The lowest BCUT2D eigenvalue weighted by Gasteiger charge is -2.37. The zero-order valence-corrected chi connectivity index (χ0v) is 10.1. The molecule has 0 heterocycles. The van der Waals surface area contributed by atoms with Gasteiger partial charge in [0.2, 0.25) is 6.41 Å². The van der Waals surface area contributed by atoms with Crippen molar-refractivity contribution < 1.29 is 14.7 Å². The van der Waals surface area contributed by atoms with Gasteiger partial charge in [-0.3, -0.25) is 4.79 Å². The second-order valence-corrected chi connectivity index (χ2v) is 4.76. The summed E-state index contributed by atoms with van der Waals surface area (Å²) in [4.78, 5) is 23.9. The highest BCUT2D eigenvalue weighted by atomic mass is 16.4. The summed E-state index contributed by atoms with van der Waals surface area (Å²) in [6, 6.07) is 0. The first-order chi connectivity index (χ1) is 7.56. The van der Waals surface area contributed by atoms with Crippen LogP contribution in [0.25, 0.3) is 0 Å². The van der Waals surface area contributed by atoms with E-state index in [1.165, 1.54) is 4.90 Å². The van der Waals surface area contributed by atoms with Crippen molar-refractivity contribution in [2.45, 2.75) is 51.5 Å². The highest BCUT2D eigenvalue weighted by Gasteiger charge is 2.43. The van der Waals surface area contributed by atoms with Gasteiger partial charge in [-0.2, -0.15) is 0 Å². The molecular weight excluding hydrogens is 206 g/mol. The van der Waals surface area contributed by atoms with E-state index in [4.69, 9.17) is 0 Å². The number of carbonyl (C=O) groups excluding carboxylic acids is 1. The minimum Gasteiger partial charge on any atom is -0.479 e. The quantitative estimate of drug-likeness (QED) is 0.589. The van der Waals surface area contributed by atoms with Gasteiger partial charge in [0.1, 0.15) is 5.54 Å².